The molecule has 116 valence electrons. The minimum Gasteiger partial charge on any atom is -0.481 e. The van der Waals surface area contributed by atoms with Gasteiger partial charge in [-0.2, -0.15) is 0 Å². The molecule has 0 fully saturated rings. The van der Waals surface area contributed by atoms with Crippen molar-refractivity contribution in [3.63, 3.8) is 0 Å². The summed E-state index contributed by atoms with van der Waals surface area (Å²) < 4.78 is 0. The number of rotatable bonds is 7. The molecule has 0 spiro atoms. The van der Waals surface area contributed by atoms with Crippen LogP contribution in [0.3, 0.4) is 0 Å². The molecule has 0 bridgehead atoms. The van der Waals surface area contributed by atoms with E-state index in [0.29, 0.717) is 5.69 Å². The highest BCUT2D eigenvalue weighted by atomic mass is 32.1. The molecule has 1 heterocycles. The number of Topliss-reactive ketones (excluding diaryl/α,β-unsaturated/α-hetero) is 1. The van der Waals surface area contributed by atoms with Crippen LogP contribution < -0.4 is 0 Å². The third-order valence-corrected chi connectivity index (χ3v) is 4.46. The number of aliphatic carboxylic acids is 1. The quantitative estimate of drug-likeness (QED) is 0.846. The minimum atomic E-state index is -0.911. The average Bonchev–Trinajstić information content (AvgIpc) is 2.93. The van der Waals surface area contributed by atoms with Crippen LogP contribution in [-0.2, 0) is 16.0 Å². The van der Waals surface area contributed by atoms with Crippen molar-refractivity contribution in [3.05, 3.63) is 41.4 Å². The van der Waals surface area contributed by atoms with Crippen LogP contribution in [0.25, 0.3) is 10.6 Å². The number of carboxylic acids is 1. The van der Waals surface area contributed by atoms with Crippen molar-refractivity contribution in [2.75, 3.05) is 0 Å². The molecular weight excluding hydrogens is 298 g/mol. The first kappa shape index (κ1) is 16.4. The van der Waals surface area contributed by atoms with Crippen molar-refractivity contribution in [1.82, 2.24) is 4.98 Å². The summed E-state index contributed by atoms with van der Waals surface area (Å²) in [5.41, 5.74) is 1.73. The first-order valence-electron chi connectivity index (χ1n) is 7.21. The van der Waals surface area contributed by atoms with Crippen LogP contribution in [0.1, 0.15) is 26.0 Å². The van der Waals surface area contributed by atoms with Crippen LogP contribution in [0.15, 0.2) is 35.7 Å². The van der Waals surface area contributed by atoms with E-state index in [-0.39, 0.29) is 24.5 Å². The lowest BCUT2D eigenvalue weighted by Crippen LogP contribution is -2.23. The van der Waals surface area contributed by atoms with Gasteiger partial charge < -0.3 is 5.11 Å². The second kappa shape index (κ2) is 7.31. The Bertz CT molecular complexity index is 649. The van der Waals surface area contributed by atoms with Gasteiger partial charge in [0.25, 0.3) is 0 Å². The Morgan fingerprint density at radius 1 is 1.23 bits per heavy atom. The molecule has 1 N–H and O–H groups in total. The number of carbonyl (C=O) groups is 2. The Morgan fingerprint density at radius 3 is 2.50 bits per heavy atom. The highest BCUT2D eigenvalue weighted by molar-refractivity contribution is 7.13. The predicted octanol–water partition coefficient (Wildman–Crippen LogP) is 3.67. The van der Waals surface area contributed by atoms with Gasteiger partial charge in [-0.1, -0.05) is 44.2 Å². The zero-order valence-corrected chi connectivity index (χ0v) is 13.5. The molecule has 1 aromatic heterocycles. The Labute approximate surface area is 133 Å². The fraction of sp³-hybridized carbons (Fsp3) is 0.353. The van der Waals surface area contributed by atoms with E-state index in [1.165, 1.54) is 11.3 Å². The van der Waals surface area contributed by atoms with E-state index in [4.69, 9.17) is 5.11 Å². The molecule has 0 saturated carbocycles. The van der Waals surface area contributed by atoms with E-state index in [9.17, 15) is 9.59 Å². The first-order chi connectivity index (χ1) is 10.5. The molecule has 1 atom stereocenters. The fourth-order valence-corrected chi connectivity index (χ4v) is 3.05. The van der Waals surface area contributed by atoms with Crippen LogP contribution in [0, 0.1) is 11.8 Å². The number of hydrogen-bond acceptors (Lipinski definition) is 4. The number of carbonyl (C=O) groups excluding carboxylic acids is 1. The summed E-state index contributed by atoms with van der Waals surface area (Å²) in [6.45, 7) is 3.64. The molecule has 5 heteroatoms. The van der Waals surface area contributed by atoms with Gasteiger partial charge in [-0.15, -0.1) is 11.3 Å². The van der Waals surface area contributed by atoms with Gasteiger partial charge in [-0.25, -0.2) is 4.98 Å². The molecule has 1 aromatic carbocycles. The van der Waals surface area contributed by atoms with Gasteiger partial charge in [0.05, 0.1) is 11.6 Å². The number of aromatic nitrogens is 1. The van der Waals surface area contributed by atoms with Gasteiger partial charge in [0.15, 0.2) is 0 Å². The van der Waals surface area contributed by atoms with Gasteiger partial charge >= 0.3 is 5.97 Å². The zero-order chi connectivity index (χ0) is 16.1. The number of ketones is 1. The molecule has 0 aliphatic rings. The number of thiazole rings is 1. The molecule has 4 nitrogen and oxygen atoms in total. The Kier molecular flexibility index (Phi) is 5.44. The summed E-state index contributed by atoms with van der Waals surface area (Å²) >= 11 is 1.50. The molecule has 2 rings (SSSR count). The molecule has 0 aliphatic carbocycles. The van der Waals surface area contributed by atoms with Crippen molar-refractivity contribution < 1.29 is 14.7 Å². The van der Waals surface area contributed by atoms with Gasteiger partial charge in [-0.3, -0.25) is 9.59 Å². The maximum Gasteiger partial charge on any atom is 0.307 e. The largest absolute Gasteiger partial charge is 0.481 e. The third-order valence-electron chi connectivity index (χ3n) is 3.52. The highest BCUT2D eigenvalue weighted by Crippen LogP contribution is 2.24. The first-order valence-corrected chi connectivity index (χ1v) is 8.09. The fourth-order valence-electron chi connectivity index (χ4n) is 2.23. The average molecular weight is 317 g/mol. The van der Waals surface area contributed by atoms with E-state index in [1.807, 2.05) is 49.6 Å². The standard InChI is InChI=1S/C17H19NO3S/c1-11(2)15(17(20)21)9-14(19)8-13-10-22-16(18-13)12-6-4-3-5-7-12/h3-7,10-11,15H,8-9H2,1-2H3,(H,20,21)/t15-/m1/s1. The van der Waals surface area contributed by atoms with Crippen molar-refractivity contribution in [2.24, 2.45) is 11.8 Å². The molecule has 0 saturated heterocycles. The van der Waals surface area contributed by atoms with Crippen molar-refractivity contribution >= 4 is 23.1 Å². The van der Waals surface area contributed by atoms with Crippen LogP contribution in [0.5, 0.6) is 0 Å². The molecular formula is C17H19NO3S. The molecule has 0 amide bonds. The summed E-state index contributed by atoms with van der Waals surface area (Å²) in [5, 5.41) is 11.9. The summed E-state index contributed by atoms with van der Waals surface area (Å²) in [6, 6.07) is 9.79. The Hall–Kier alpha value is -2.01. The maximum atomic E-state index is 12.1. The lowest BCUT2D eigenvalue weighted by molar-refractivity contribution is -0.145. The monoisotopic (exact) mass is 317 g/mol. The van der Waals surface area contributed by atoms with Crippen molar-refractivity contribution in [2.45, 2.75) is 26.7 Å². The SMILES string of the molecule is CC(C)[C@@H](CC(=O)Cc1csc(-c2ccccc2)n1)C(=O)O. The van der Waals surface area contributed by atoms with Gasteiger partial charge in [0, 0.05) is 23.8 Å². The number of carboxylic acid groups (broad SMARTS) is 1. The van der Waals surface area contributed by atoms with E-state index in [1.54, 1.807) is 0 Å². The van der Waals surface area contributed by atoms with E-state index in [0.717, 1.165) is 10.6 Å². The molecule has 0 aliphatic heterocycles. The number of nitrogens with zero attached hydrogens (tertiary/aromatic N) is 1. The summed E-state index contributed by atoms with van der Waals surface area (Å²) in [7, 11) is 0. The minimum absolute atomic E-state index is 0.0586. The summed E-state index contributed by atoms with van der Waals surface area (Å²) in [6.07, 6.45) is 0.255. The smallest absolute Gasteiger partial charge is 0.307 e. The highest BCUT2D eigenvalue weighted by Gasteiger charge is 2.24. The van der Waals surface area contributed by atoms with Crippen LogP contribution in [-0.4, -0.2) is 21.8 Å². The topological polar surface area (TPSA) is 67.3 Å². The normalized spacial score (nSPS) is 12.3. The molecule has 0 unspecified atom stereocenters. The third kappa shape index (κ3) is 4.24. The lowest BCUT2D eigenvalue weighted by Gasteiger charge is -2.14. The van der Waals surface area contributed by atoms with Gasteiger partial charge in [0.1, 0.15) is 10.8 Å². The van der Waals surface area contributed by atoms with Gasteiger partial charge in [0.2, 0.25) is 0 Å². The Morgan fingerprint density at radius 2 is 1.91 bits per heavy atom. The van der Waals surface area contributed by atoms with Crippen LogP contribution in [0.2, 0.25) is 0 Å². The second-order valence-electron chi connectivity index (χ2n) is 5.62. The predicted molar refractivity (Wildman–Crippen MR) is 86.8 cm³/mol. The van der Waals surface area contributed by atoms with Crippen molar-refractivity contribution in [1.29, 1.82) is 0 Å². The number of benzene rings is 1. The zero-order valence-electron chi connectivity index (χ0n) is 12.7. The van der Waals surface area contributed by atoms with Crippen LogP contribution in [0.4, 0.5) is 0 Å². The molecule has 2 aromatic rings. The maximum absolute atomic E-state index is 12.1. The molecule has 0 radical (unpaired) electrons. The van der Waals surface area contributed by atoms with E-state index in [2.05, 4.69) is 4.98 Å². The summed E-state index contributed by atoms with van der Waals surface area (Å²) in [4.78, 5) is 27.7. The second-order valence-corrected chi connectivity index (χ2v) is 6.48. The van der Waals surface area contributed by atoms with E-state index < -0.39 is 11.9 Å². The Balaban J connectivity index is 2.01. The summed E-state index contributed by atoms with van der Waals surface area (Å²) in [5.74, 6) is -1.67. The molecule has 22 heavy (non-hydrogen) atoms. The number of hydrogen-bond donors (Lipinski definition) is 1. The lowest BCUT2D eigenvalue weighted by atomic mass is 9.90. The van der Waals surface area contributed by atoms with Gasteiger partial charge in [-0.05, 0) is 5.92 Å². The van der Waals surface area contributed by atoms with Crippen molar-refractivity contribution in [3.8, 4) is 10.6 Å². The van der Waals surface area contributed by atoms with Crippen LogP contribution >= 0.6 is 11.3 Å². The van der Waals surface area contributed by atoms with E-state index >= 15 is 0 Å².